The van der Waals surface area contributed by atoms with Crippen LogP contribution in [-0.4, -0.2) is 28.6 Å². The summed E-state index contributed by atoms with van der Waals surface area (Å²) in [5.41, 5.74) is 1.92. The molecule has 0 bridgehead atoms. The van der Waals surface area contributed by atoms with E-state index in [0.29, 0.717) is 18.9 Å². The summed E-state index contributed by atoms with van der Waals surface area (Å²) in [6.45, 7) is 4.24. The van der Waals surface area contributed by atoms with Crippen molar-refractivity contribution < 1.29 is 4.79 Å². The highest BCUT2D eigenvalue weighted by Gasteiger charge is 2.26. The maximum Gasteiger partial charge on any atom is 0.321 e. The number of carbonyl (C=O) groups is 1. The van der Waals surface area contributed by atoms with Crippen LogP contribution in [0.2, 0.25) is 0 Å². The lowest BCUT2D eigenvalue weighted by molar-refractivity contribution is 0.210. The lowest BCUT2D eigenvalue weighted by atomic mass is 10.2. The Morgan fingerprint density at radius 3 is 2.96 bits per heavy atom. The summed E-state index contributed by atoms with van der Waals surface area (Å²) in [6.07, 6.45) is 4.80. The quantitative estimate of drug-likeness (QED) is 0.881. The molecule has 2 amide bonds. The van der Waals surface area contributed by atoms with Crippen LogP contribution < -0.4 is 5.32 Å². The van der Waals surface area contributed by atoms with E-state index in [9.17, 15) is 4.79 Å². The van der Waals surface area contributed by atoms with Gasteiger partial charge in [-0.25, -0.2) is 4.79 Å². The van der Waals surface area contributed by atoms with E-state index in [4.69, 9.17) is 5.26 Å². The van der Waals surface area contributed by atoms with Crippen LogP contribution in [0.25, 0.3) is 10.9 Å². The first-order chi connectivity index (χ1) is 11.2. The van der Waals surface area contributed by atoms with E-state index < -0.39 is 0 Å². The van der Waals surface area contributed by atoms with Gasteiger partial charge in [-0.15, -0.1) is 0 Å². The zero-order chi connectivity index (χ0) is 16.2. The summed E-state index contributed by atoms with van der Waals surface area (Å²) in [6, 6.07) is 10.1. The van der Waals surface area contributed by atoms with Crippen LogP contribution in [-0.2, 0) is 6.54 Å². The maximum atomic E-state index is 12.5. The molecule has 0 unspecified atom stereocenters. The van der Waals surface area contributed by atoms with Gasteiger partial charge >= 0.3 is 6.03 Å². The molecule has 1 aliphatic rings. The van der Waals surface area contributed by atoms with Gasteiger partial charge in [0.05, 0.1) is 18.0 Å². The number of benzene rings is 1. The monoisotopic (exact) mass is 310 g/mol. The minimum Gasteiger partial charge on any atom is -0.348 e. The van der Waals surface area contributed by atoms with Crippen molar-refractivity contribution in [3.63, 3.8) is 0 Å². The van der Waals surface area contributed by atoms with Crippen LogP contribution in [0, 0.1) is 17.2 Å². The summed E-state index contributed by atoms with van der Waals surface area (Å²) < 4.78 is 2.16. The van der Waals surface area contributed by atoms with Crippen molar-refractivity contribution in [2.45, 2.75) is 32.7 Å². The van der Waals surface area contributed by atoms with E-state index in [-0.39, 0.29) is 6.03 Å². The van der Waals surface area contributed by atoms with Gasteiger partial charge in [0.2, 0.25) is 0 Å². The van der Waals surface area contributed by atoms with Gasteiger partial charge in [0, 0.05) is 31.5 Å². The molecule has 1 aromatic carbocycles. The zero-order valence-electron chi connectivity index (χ0n) is 13.5. The average Bonchev–Trinajstić information content (AvgIpc) is 3.28. The van der Waals surface area contributed by atoms with Crippen molar-refractivity contribution in [2.24, 2.45) is 5.92 Å². The average molecular weight is 310 g/mol. The summed E-state index contributed by atoms with van der Waals surface area (Å²) in [5, 5.41) is 12.9. The first kappa shape index (κ1) is 15.4. The Kier molecular flexibility index (Phi) is 4.52. The molecular formula is C18H22N4O. The topological polar surface area (TPSA) is 61.1 Å². The number of hydrogen-bond donors (Lipinski definition) is 1. The fourth-order valence-corrected chi connectivity index (χ4v) is 2.81. The number of nitrogens with zero attached hydrogens (tertiary/aromatic N) is 3. The van der Waals surface area contributed by atoms with Crippen molar-refractivity contribution in [1.29, 1.82) is 5.26 Å². The van der Waals surface area contributed by atoms with Gasteiger partial charge in [0.25, 0.3) is 0 Å². The molecule has 120 valence electrons. The number of nitrogens with one attached hydrogen (secondary N) is 1. The zero-order valence-corrected chi connectivity index (χ0v) is 13.5. The number of carbonyl (C=O) groups excluding carboxylic acids is 1. The predicted octanol–water partition coefficient (Wildman–Crippen LogP) is 3.82. The van der Waals surface area contributed by atoms with E-state index in [1.54, 1.807) is 4.90 Å². The molecule has 1 aromatic heterocycles. The molecule has 0 spiro atoms. The van der Waals surface area contributed by atoms with Crippen LogP contribution in [0.5, 0.6) is 0 Å². The lowest BCUT2D eigenvalue weighted by Gasteiger charge is -2.22. The number of aromatic nitrogens is 1. The largest absolute Gasteiger partial charge is 0.348 e. The Labute approximate surface area is 136 Å². The van der Waals surface area contributed by atoms with Crippen molar-refractivity contribution in [3.05, 3.63) is 30.5 Å². The minimum absolute atomic E-state index is 0.110. The van der Waals surface area contributed by atoms with Crippen molar-refractivity contribution >= 4 is 22.6 Å². The Hall–Kier alpha value is -2.48. The molecule has 1 N–H and O–H groups in total. The van der Waals surface area contributed by atoms with Gasteiger partial charge in [-0.2, -0.15) is 5.26 Å². The molecule has 1 aliphatic carbocycles. The molecule has 0 atom stereocenters. The predicted molar refractivity (Wildman–Crippen MR) is 91.2 cm³/mol. The molecule has 23 heavy (non-hydrogen) atoms. The fraction of sp³-hybridized carbons (Fsp3) is 0.444. The summed E-state index contributed by atoms with van der Waals surface area (Å²) in [5.74, 6) is 0.610. The number of rotatable bonds is 6. The first-order valence-electron chi connectivity index (χ1n) is 8.23. The van der Waals surface area contributed by atoms with E-state index >= 15 is 0 Å². The molecule has 1 saturated carbocycles. The third-order valence-corrected chi connectivity index (χ3v) is 4.32. The molecule has 0 saturated heterocycles. The van der Waals surface area contributed by atoms with Gasteiger partial charge < -0.3 is 14.8 Å². The molecule has 1 fully saturated rings. The molecular weight excluding hydrogens is 288 g/mol. The standard InChI is InChI=1S/C18H22N4O/c1-2-21-11-8-15-6-7-16(12-17(15)21)20-18(23)22(10-3-9-19)13-14-4-5-14/h6-8,11-12,14H,2-5,10,13H2,1H3,(H,20,23). The number of amides is 2. The number of aryl methyl sites for hydroxylation is 1. The number of anilines is 1. The molecule has 0 aliphatic heterocycles. The summed E-state index contributed by atoms with van der Waals surface area (Å²) in [7, 11) is 0. The fourth-order valence-electron chi connectivity index (χ4n) is 2.81. The van der Waals surface area contributed by atoms with Gasteiger partial charge in [-0.1, -0.05) is 6.07 Å². The van der Waals surface area contributed by atoms with E-state index in [0.717, 1.165) is 24.3 Å². The second-order valence-electron chi connectivity index (χ2n) is 6.10. The van der Waals surface area contributed by atoms with Crippen LogP contribution in [0.3, 0.4) is 0 Å². The van der Waals surface area contributed by atoms with Crippen LogP contribution in [0.15, 0.2) is 30.5 Å². The van der Waals surface area contributed by atoms with Crippen LogP contribution in [0.1, 0.15) is 26.2 Å². The molecule has 3 rings (SSSR count). The van der Waals surface area contributed by atoms with Crippen molar-refractivity contribution in [2.75, 3.05) is 18.4 Å². The van der Waals surface area contributed by atoms with Gasteiger partial charge in [0.15, 0.2) is 0 Å². The smallest absolute Gasteiger partial charge is 0.321 e. The lowest BCUT2D eigenvalue weighted by Crippen LogP contribution is -2.37. The summed E-state index contributed by atoms with van der Waals surface area (Å²) >= 11 is 0. The molecule has 5 heteroatoms. The number of nitriles is 1. The Bertz CT molecular complexity index is 739. The highest BCUT2D eigenvalue weighted by Crippen LogP contribution is 2.30. The van der Waals surface area contributed by atoms with Crippen molar-refractivity contribution in [1.82, 2.24) is 9.47 Å². The highest BCUT2D eigenvalue weighted by molar-refractivity contribution is 5.92. The maximum absolute atomic E-state index is 12.5. The summed E-state index contributed by atoms with van der Waals surface area (Å²) in [4.78, 5) is 14.3. The van der Waals surface area contributed by atoms with Gasteiger partial charge in [0.1, 0.15) is 0 Å². The highest BCUT2D eigenvalue weighted by atomic mass is 16.2. The van der Waals surface area contributed by atoms with Crippen LogP contribution in [0.4, 0.5) is 10.5 Å². The second kappa shape index (κ2) is 6.74. The number of urea groups is 1. The minimum atomic E-state index is -0.110. The first-order valence-corrected chi connectivity index (χ1v) is 8.23. The van der Waals surface area contributed by atoms with E-state index in [1.165, 1.54) is 18.2 Å². The molecule has 2 aromatic rings. The normalized spacial score (nSPS) is 13.7. The Balaban J connectivity index is 1.73. The second-order valence-corrected chi connectivity index (χ2v) is 6.10. The van der Waals surface area contributed by atoms with Gasteiger partial charge in [-0.05, 0) is 49.3 Å². The molecule has 0 radical (unpaired) electrons. The van der Waals surface area contributed by atoms with Crippen LogP contribution >= 0.6 is 0 Å². The van der Waals surface area contributed by atoms with Gasteiger partial charge in [-0.3, -0.25) is 0 Å². The molecule has 1 heterocycles. The third kappa shape index (κ3) is 3.65. The third-order valence-electron chi connectivity index (χ3n) is 4.32. The Morgan fingerprint density at radius 1 is 1.43 bits per heavy atom. The number of fused-ring (bicyclic) bond motifs is 1. The SMILES string of the molecule is CCn1ccc2ccc(NC(=O)N(CCC#N)CC3CC3)cc21. The Morgan fingerprint density at radius 2 is 2.26 bits per heavy atom. The molecule has 5 nitrogen and oxygen atoms in total. The van der Waals surface area contributed by atoms with Crippen molar-refractivity contribution in [3.8, 4) is 6.07 Å². The number of hydrogen-bond acceptors (Lipinski definition) is 2. The van der Waals surface area contributed by atoms with E-state index in [1.807, 2.05) is 18.2 Å². The van der Waals surface area contributed by atoms with E-state index in [2.05, 4.69) is 35.1 Å².